The topological polar surface area (TPSA) is 27.1 Å². The molecule has 0 saturated heterocycles. The summed E-state index contributed by atoms with van der Waals surface area (Å²) in [5.41, 5.74) is 0.956. The molecule has 0 aromatic heterocycles. The van der Waals surface area contributed by atoms with Gasteiger partial charge in [-0.25, -0.2) is 0 Å². The maximum atomic E-state index is 7.37. The van der Waals surface area contributed by atoms with Crippen molar-refractivity contribution < 1.29 is 0 Å². The van der Waals surface area contributed by atoms with Crippen LogP contribution in [0.15, 0.2) is 24.4 Å². The molecule has 88 valence electrons. The Balaban J connectivity index is 0.00000225. The normalized spacial score (nSPS) is 10.0. The number of hydrogen-bond acceptors (Lipinski definition) is 1. The molecule has 0 radical (unpaired) electrons. The van der Waals surface area contributed by atoms with E-state index in [-0.39, 0.29) is 12.4 Å². The molecular weight excluding hydrogens is 266 g/mol. The van der Waals surface area contributed by atoms with E-state index in [1.807, 2.05) is 25.4 Å². The van der Waals surface area contributed by atoms with Gasteiger partial charge in [0.25, 0.3) is 0 Å². The van der Waals surface area contributed by atoms with Crippen molar-refractivity contribution in [1.82, 2.24) is 4.90 Å². The molecule has 0 saturated carbocycles. The second-order valence-electron chi connectivity index (χ2n) is 3.19. The fourth-order valence-electron chi connectivity index (χ4n) is 0.926. The van der Waals surface area contributed by atoms with Gasteiger partial charge in [0.1, 0.15) is 0 Å². The highest BCUT2D eigenvalue weighted by Crippen LogP contribution is 2.23. The molecule has 2 nitrogen and oxygen atoms in total. The van der Waals surface area contributed by atoms with Gasteiger partial charge in [-0.2, -0.15) is 0 Å². The quantitative estimate of drug-likeness (QED) is 0.634. The Hall–Kier alpha value is -0.700. The number of rotatable bonds is 2. The lowest BCUT2D eigenvalue weighted by molar-refractivity contribution is 0.682. The minimum atomic E-state index is 0. The Morgan fingerprint density at radius 3 is 2.44 bits per heavy atom. The fourth-order valence-corrected chi connectivity index (χ4v) is 1.23. The van der Waals surface area contributed by atoms with Crippen molar-refractivity contribution in [2.24, 2.45) is 0 Å². The van der Waals surface area contributed by atoms with Gasteiger partial charge in [0.2, 0.25) is 0 Å². The minimum absolute atomic E-state index is 0. The van der Waals surface area contributed by atoms with Crippen LogP contribution < -0.4 is 0 Å². The van der Waals surface area contributed by atoms with Crippen LogP contribution in [0.3, 0.4) is 0 Å². The Labute approximate surface area is 112 Å². The Morgan fingerprint density at radius 2 is 1.94 bits per heavy atom. The molecule has 0 aliphatic heterocycles. The summed E-state index contributed by atoms with van der Waals surface area (Å²) in [6, 6.07) is 5.41. The van der Waals surface area contributed by atoms with E-state index in [9.17, 15) is 0 Å². The van der Waals surface area contributed by atoms with Gasteiger partial charge >= 0.3 is 0 Å². The van der Waals surface area contributed by atoms with Crippen molar-refractivity contribution in [2.45, 2.75) is 6.92 Å². The predicted octanol–water partition coefficient (Wildman–Crippen LogP) is 4.31. The molecule has 16 heavy (non-hydrogen) atoms. The molecule has 0 unspecified atom stereocenters. The smallest absolute Gasteiger partial charge is 0.0963 e. The molecule has 5 heteroatoms. The fraction of sp³-hybridized carbons (Fsp3) is 0.182. The van der Waals surface area contributed by atoms with E-state index in [0.29, 0.717) is 15.9 Å². The first-order valence-electron chi connectivity index (χ1n) is 4.42. The van der Waals surface area contributed by atoms with Crippen LogP contribution in [0.25, 0.3) is 6.08 Å². The van der Waals surface area contributed by atoms with Crippen molar-refractivity contribution in [2.75, 3.05) is 7.05 Å². The molecule has 0 aliphatic rings. The largest absolute Gasteiger partial charge is 0.340 e. The number of halogens is 3. The third kappa shape index (κ3) is 4.44. The molecule has 0 atom stereocenters. The van der Waals surface area contributed by atoms with Crippen LogP contribution in [-0.2, 0) is 0 Å². The number of hydrogen-bond donors (Lipinski definition) is 1. The summed E-state index contributed by atoms with van der Waals surface area (Å²) in [7, 11) is 1.82. The molecule has 1 N–H and O–H groups in total. The second kappa shape index (κ2) is 6.79. The highest BCUT2D eigenvalue weighted by Gasteiger charge is 1.97. The minimum Gasteiger partial charge on any atom is -0.340 e. The summed E-state index contributed by atoms with van der Waals surface area (Å²) in [5, 5.41) is 8.45. The van der Waals surface area contributed by atoms with E-state index in [4.69, 9.17) is 28.6 Å². The van der Waals surface area contributed by atoms with Crippen molar-refractivity contribution in [1.29, 1.82) is 5.41 Å². The third-order valence-electron chi connectivity index (χ3n) is 1.96. The molecule has 0 bridgehead atoms. The lowest BCUT2D eigenvalue weighted by atomic mass is 10.2. The van der Waals surface area contributed by atoms with Crippen LogP contribution >= 0.6 is 35.6 Å². The van der Waals surface area contributed by atoms with Gasteiger partial charge in [0.05, 0.1) is 15.9 Å². The molecular formula is C11H13Cl3N2. The Bertz CT molecular complexity index is 402. The van der Waals surface area contributed by atoms with E-state index in [2.05, 4.69) is 0 Å². The Morgan fingerprint density at radius 1 is 1.31 bits per heavy atom. The first-order chi connectivity index (χ1) is 7.00. The van der Waals surface area contributed by atoms with Crippen LogP contribution in [0.2, 0.25) is 10.0 Å². The molecule has 0 heterocycles. The molecule has 1 rings (SSSR count). The van der Waals surface area contributed by atoms with Crippen LogP contribution in [0.5, 0.6) is 0 Å². The van der Waals surface area contributed by atoms with Gasteiger partial charge in [-0.3, -0.25) is 5.41 Å². The molecule has 0 fully saturated rings. The molecule has 1 aromatic rings. The predicted molar refractivity (Wildman–Crippen MR) is 73.9 cm³/mol. The first-order valence-corrected chi connectivity index (χ1v) is 5.17. The van der Waals surface area contributed by atoms with Crippen molar-refractivity contribution in [3.8, 4) is 0 Å². The monoisotopic (exact) mass is 278 g/mol. The number of benzene rings is 1. The zero-order valence-corrected chi connectivity index (χ0v) is 11.3. The highest BCUT2D eigenvalue weighted by molar-refractivity contribution is 6.42. The van der Waals surface area contributed by atoms with E-state index in [1.54, 1.807) is 24.0 Å². The third-order valence-corrected chi connectivity index (χ3v) is 2.70. The van der Waals surface area contributed by atoms with Gasteiger partial charge in [-0.1, -0.05) is 29.3 Å². The summed E-state index contributed by atoms with van der Waals surface area (Å²) in [4.78, 5) is 1.71. The number of amidine groups is 1. The average Bonchev–Trinajstić information content (AvgIpc) is 2.19. The zero-order valence-electron chi connectivity index (χ0n) is 9.00. The van der Waals surface area contributed by atoms with E-state index in [1.165, 1.54) is 0 Å². The van der Waals surface area contributed by atoms with Gasteiger partial charge in [-0.15, -0.1) is 12.4 Å². The summed E-state index contributed by atoms with van der Waals surface area (Å²) in [5.74, 6) is 0.478. The SMILES string of the molecule is CC(=N)N(C)C=Cc1ccc(Cl)c(Cl)c1.Cl. The van der Waals surface area contributed by atoms with Gasteiger partial charge in [0, 0.05) is 13.2 Å². The summed E-state index contributed by atoms with van der Waals surface area (Å²) in [6.07, 6.45) is 3.68. The first kappa shape index (κ1) is 15.3. The van der Waals surface area contributed by atoms with Crippen molar-refractivity contribution in [3.05, 3.63) is 40.0 Å². The lowest BCUT2D eigenvalue weighted by Gasteiger charge is -2.10. The lowest BCUT2D eigenvalue weighted by Crippen LogP contribution is -2.15. The highest BCUT2D eigenvalue weighted by atomic mass is 35.5. The van der Waals surface area contributed by atoms with Crippen molar-refractivity contribution >= 4 is 47.5 Å². The molecule has 0 spiro atoms. The number of nitrogens with one attached hydrogen (secondary N) is 1. The Kier molecular flexibility index (Phi) is 6.49. The van der Waals surface area contributed by atoms with E-state index < -0.39 is 0 Å². The average molecular weight is 280 g/mol. The van der Waals surface area contributed by atoms with E-state index >= 15 is 0 Å². The van der Waals surface area contributed by atoms with Crippen LogP contribution in [-0.4, -0.2) is 17.8 Å². The summed E-state index contributed by atoms with van der Waals surface area (Å²) in [6.45, 7) is 1.72. The van der Waals surface area contributed by atoms with Gasteiger partial charge < -0.3 is 4.90 Å². The second-order valence-corrected chi connectivity index (χ2v) is 4.00. The summed E-state index contributed by atoms with van der Waals surface area (Å²) < 4.78 is 0. The maximum Gasteiger partial charge on any atom is 0.0963 e. The van der Waals surface area contributed by atoms with Gasteiger partial charge in [0.15, 0.2) is 0 Å². The molecule has 1 aromatic carbocycles. The standard InChI is InChI=1S/C11H12Cl2N2.ClH/c1-8(14)15(2)6-5-9-3-4-10(12)11(13)7-9;/h3-7,14H,1-2H3;1H. The molecule has 0 amide bonds. The van der Waals surface area contributed by atoms with Crippen LogP contribution in [0.4, 0.5) is 0 Å². The maximum absolute atomic E-state index is 7.37. The molecule has 0 aliphatic carbocycles. The zero-order chi connectivity index (χ0) is 11.4. The van der Waals surface area contributed by atoms with Crippen LogP contribution in [0.1, 0.15) is 12.5 Å². The van der Waals surface area contributed by atoms with Crippen LogP contribution in [0, 0.1) is 5.41 Å². The van der Waals surface area contributed by atoms with Crippen molar-refractivity contribution in [3.63, 3.8) is 0 Å². The van der Waals surface area contributed by atoms with E-state index in [0.717, 1.165) is 5.56 Å². The summed E-state index contributed by atoms with van der Waals surface area (Å²) >= 11 is 11.7. The van der Waals surface area contributed by atoms with Gasteiger partial charge in [-0.05, 0) is 30.7 Å². The number of nitrogens with zero attached hydrogens (tertiary/aromatic N) is 1.